The number of ketones is 1. The Morgan fingerprint density at radius 1 is 1.02 bits per heavy atom. The Kier molecular flexibility index (Phi) is 8.87. The molecule has 2 heterocycles. The first kappa shape index (κ1) is 27.9. The van der Waals surface area contributed by atoms with Gasteiger partial charge in [-0.1, -0.05) is 66.2 Å². The molecule has 0 aliphatic carbocycles. The second-order valence-electron chi connectivity index (χ2n) is 9.54. The number of rotatable bonds is 10. The molecule has 2 fully saturated rings. The second-order valence-corrected chi connectivity index (χ2v) is 9.95. The van der Waals surface area contributed by atoms with Gasteiger partial charge in [0.15, 0.2) is 24.3 Å². The van der Waals surface area contributed by atoms with Crippen LogP contribution in [0.5, 0.6) is 0 Å². The Balaban J connectivity index is 1.19. The van der Waals surface area contributed by atoms with E-state index in [1.165, 1.54) is 0 Å². The molecule has 0 radical (unpaired) electrons. The highest BCUT2D eigenvalue weighted by Gasteiger charge is 2.53. The molecule has 0 amide bonds. The van der Waals surface area contributed by atoms with Crippen molar-refractivity contribution in [3.8, 4) is 0 Å². The van der Waals surface area contributed by atoms with Gasteiger partial charge in [-0.05, 0) is 55.3 Å². The molecule has 4 atom stereocenters. The molecule has 4 unspecified atom stereocenters. The lowest BCUT2D eigenvalue weighted by molar-refractivity contribution is -0.167. The number of hydrogen-bond donors (Lipinski definition) is 1. The zero-order valence-electron chi connectivity index (χ0n) is 22.6. The number of carbonyl (C=O) groups excluding carboxylic acids is 1. The topological polar surface area (TPSA) is 75.3 Å². The van der Waals surface area contributed by atoms with Gasteiger partial charge in [-0.3, -0.25) is 4.79 Å². The Hall–Kier alpha value is -3.62. The molecule has 2 saturated heterocycles. The van der Waals surface area contributed by atoms with Crippen LogP contribution in [0.15, 0.2) is 84.8 Å². The second kappa shape index (κ2) is 12.7. The highest BCUT2D eigenvalue weighted by molar-refractivity contribution is 6.35. The minimum atomic E-state index is -0.493. The number of carbonyl (C=O) groups is 1. The number of methoxy groups -OCH3 is 1. The van der Waals surface area contributed by atoms with E-state index in [1.807, 2.05) is 80.6 Å². The van der Waals surface area contributed by atoms with E-state index in [-0.39, 0.29) is 24.1 Å². The SMILES string of the molecule is C/C=C1\OC2C(COC/C=C/c3ccccc3Nc3ccc(C(=O)c4ccccc4C)c(Cl)c3)OC(OC)C2O1. The lowest BCUT2D eigenvalue weighted by Gasteiger charge is -2.16. The summed E-state index contributed by atoms with van der Waals surface area (Å²) in [4.78, 5) is 13.0. The molecular formula is C32H32ClNO6. The van der Waals surface area contributed by atoms with E-state index >= 15 is 0 Å². The summed E-state index contributed by atoms with van der Waals surface area (Å²) in [5, 5.41) is 3.80. The summed E-state index contributed by atoms with van der Waals surface area (Å²) in [6.45, 7) is 4.51. The van der Waals surface area contributed by atoms with Crippen molar-refractivity contribution in [3.63, 3.8) is 0 Å². The number of anilines is 2. The Morgan fingerprint density at radius 3 is 2.58 bits per heavy atom. The van der Waals surface area contributed by atoms with Crippen molar-refractivity contribution >= 4 is 34.8 Å². The molecule has 1 N–H and O–H groups in total. The lowest BCUT2D eigenvalue weighted by atomic mass is 9.99. The Labute approximate surface area is 239 Å². The third-order valence-corrected chi connectivity index (χ3v) is 7.19. The largest absolute Gasteiger partial charge is 0.455 e. The molecule has 3 aromatic carbocycles. The van der Waals surface area contributed by atoms with E-state index in [2.05, 4.69) is 5.32 Å². The summed E-state index contributed by atoms with van der Waals surface area (Å²) in [5.74, 6) is 0.395. The first-order chi connectivity index (χ1) is 19.5. The third-order valence-electron chi connectivity index (χ3n) is 6.88. The Morgan fingerprint density at radius 2 is 1.80 bits per heavy atom. The van der Waals surface area contributed by atoms with Crippen LogP contribution < -0.4 is 5.32 Å². The fraction of sp³-hybridized carbons (Fsp3) is 0.281. The molecule has 0 bridgehead atoms. The fourth-order valence-electron chi connectivity index (χ4n) is 4.80. The van der Waals surface area contributed by atoms with Crippen molar-refractivity contribution in [2.24, 2.45) is 0 Å². The van der Waals surface area contributed by atoms with Crippen molar-refractivity contribution in [3.05, 3.63) is 112 Å². The molecule has 2 aliphatic heterocycles. The maximum absolute atomic E-state index is 13.0. The normalized spacial score (nSPS) is 22.8. The van der Waals surface area contributed by atoms with E-state index in [0.717, 1.165) is 22.5 Å². The minimum absolute atomic E-state index is 0.0939. The van der Waals surface area contributed by atoms with Gasteiger partial charge in [0.05, 0.1) is 18.2 Å². The van der Waals surface area contributed by atoms with Gasteiger partial charge < -0.3 is 29.0 Å². The fourth-order valence-corrected chi connectivity index (χ4v) is 5.07. The lowest BCUT2D eigenvalue weighted by Crippen LogP contribution is -2.32. The maximum atomic E-state index is 13.0. The Bertz CT molecular complexity index is 1420. The van der Waals surface area contributed by atoms with Gasteiger partial charge in [-0.15, -0.1) is 0 Å². The van der Waals surface area contributed by atoms with Crippen molar-refractivity contribution in [2.45, 2.75) is 38.4 Å². The molecule has 0 saturated carbocycles. The zero-order valence-corrected chi connectivity index (χ0v) is 23.4. The first-order valence-electron chi connectivity index (χ1n) is 13.2. The van der Waals surface area contributed by atoms with E-state index < -0.39 is 6.29 Å². The van der Waals surface area contributed by atoms with E-state index in [1.54, 1.807) is 25.3 Å². The molecule has 3 aromatic rings. The monoisotopic (exact) mass is 561 g/mol. The number of halogens is 1. The highest BCUT2D eigenvalue weighted by atomic mass is 35.5. The summed E-state index contributed by atoms with van der Waals surface area (Å²) >= 11 is 6.54. The van der Waals surface area contributed by atoms with Crippen LogP contribution >= 0.6 is 11.6 Å². The van der Waals surface area contributed by atoms with Crippen LogP contribution in [0, 0.1) is 6.92 Å². The van der Waals surface area contributed by atoms with Crippen molar-refractivity contribution in [2.75, 3.05) is 25.6 Å². The third kappa shape index (κ3) is 6.08. The molecule has 40 heavy (non-hydrogen) atoms. The predicted molar refractivity (Wildman–Crippen MR) is 155 cm³/mol. The van der Waals surface area contributed by atoms with Crippen LogP contribution in [0.3, 0.4) is 0 Å². The van der Waals surface area contributed by atoms with E-state index in [0.29, 0.717) is 35.3 Å². The molecule has 7 nitrogen and oxygen atoms in total. The zero-order chi connectivity index (χ0) is 28.1. The maximum Gasteiger partial charge on any atom is 0.275 e. The molecule has 0 aromatic heterocycles. The summed E-state index contributed by atoms with van der Waals surface area (Å²) in [6.07, 6.45) is 4.36. The average Bonchev–Trinajstić information content (AvgIpc) is 3.53. The molecular weight excluding hydrogens is 530 g/mol. The average molecular weight is 562 g/mol. The quantitative estimate of drug-likeness (QED) is 0.219. The van der Waals surface area contributed by atoms with Gasteiger partial charge in [-0.25, -0.2) is 0 Å². The summed E-state index contributed by atoms with van der Waals surface area (Å²) in [5.41, 5.74) is 4.68. The molecule has 5 rings (SSSR count). The highest BCUT2D eigenvalue weighted by Crippen LogP contribution is 2.36. The van der Waals surface area contributed by atoms with Crippen LogP contribution in [0.1, 0.15) is 34.0 Å². The summed E-state index contributed by atoms with van der Waals surface area (Å²) in [7, 11) is 1.59. The number of benzene rings is 3. The van der Waals surface area contributed by atoms with Gasteiger partial charge in [0.1, 0.15) is 6.10 Å². The molecule has 0 spiro atoms. The minimum Gasteiger partial charge on any atom is -0.455 e. The van der Waals surface area contributed by atoms with Gasteiger partial charge in [0.2, 0.25) is 0 Å². The van der Waals surface area contributed by atoms with Crippen molar-refractivity contribution in [1.82, 2.24) is 0 Å². The first-order valence-corrected chi connectivity index (χ1v) is 13.5. The van der Waals surface area contributed by atoms with Crippen LogP contribution in [-0.4, -0.2) is 50.7 Å². The molecule has 2 aliphatic rings. The smallest absolute Gasteiger partial charge is 0.275 e. The standard InChI is InChI=1S/C32H32ClNO6/c1-4-28-39-30-27(38-32(36-3)31(30)40-28)19-37-17-9-12-21-11-6-8-14-26(21)34-22-15-16-24(25(33)18-22)29(35)23-13-7-5-10-20(23)2/h4-16,18,27,30-32,34H,17,19H2,1-3H3/b12-9+,28-4+. The van der Waals surface area contributed by atoms with Crippen LogP contribution in [-0.2, 0) is 23.7 Å². The van der Waals surface area contributed by atoms with Gasteiger partial charge in [0, 0.05) is 29.6 Å². The van der Waals surface area contributed by atoms with Crippen molar-refractivity contribution in [1.29, 1.82) is 0 Å². The molecule has 208 valence electrons. The van der Waals surface area contributed by atoms with Crippen molar-refractivity contribution < 1.29 is 28.5 Å². The number of hydrogen-bond acceptors (Lipinski definition) is 7. The van der Waals surface area contributed by atoms with Crippen LogP contribution in [0.25, 0.3) is 6.08 Å². The summed E-state index contributed by atoms with van der Waals surface area (Å²) in [6, 6.07) is 20.8. The van der Waals surface area contributed by atoms with Gasteiger partial charge in [0.25, 0.3) is 5.95 Å². The van der Waals surface area contributed by atoms with Gasteiger partial charge >= 0.3 is 0 Å². The predicted octanol–water partition coefficient (Wildman–Crippen LogP) is 6.67. The van der Waals surface area contributed by atoms with Crippen LogP contribution in [0.4, 0.5) is 11.4 Å². The number of aryl methyl sites for hydroxylation is 1. The number of para-hydroxylation sites is 1. The number of fused-ring (bicyclic) bond motifs is 1. The van der Waals surface area contributed by atoms with Gasteiger partial charge in [-0.2, -0.15) is 0 Å². The van der Waals surface area contributed by atoms with E-state index in [4.69, 9.17) is 35.3 Å². The van der Waals surface area contributed by atoms with Crippen LogP contribution in [0.2, 0.25) is 5.02 Å². The number of ether oxygens (including phenoxy) is 5. The molecule has 8 heteroatoms. The summed E-state index contributed by atoms with van der Waals surface area (Å²) < 4.78 is 28.7. The number of nitrogens with one attached hydrogen (secondary N) is 1. The van der Waals surface area contributed by atoms with E-state index in [9.17, 15) is 4.79 Å². The number of allylic oxidation sites excluding steroid dienone is 1.